The summed E-state index contributed by atoms with van der Waals surface area (Å²) in [6.07, 6.45) is 4.18. The fraction of sp³-hybridized carbons (Fsp3) is 0.438. The largest absolute Gasteiger partial charge is 0.344 e. The number of carbonyl (C=O) groups is 2. The highest BCUT2D eigenvalue weighted by Gasteiger charge is 2.31. The van der Waals surface area contributed by atoms with E-state index in [9.17, 15) is 9.59 Å². The Morgan fingerprint density at radius 3 is 2.78 bits per heavy atom. The number of anilines is 1. The summed E-state index contributed by atoms with van der Waals surface area (Å²) in [6, 6.07) is 5.33. The van der Waals surface area contributed by atoms with E-state index in [0.717, 1.165) is 40.4 Å². The number of aromatic nitrogens is 1. The molecule has 1 saturated carbocycles. The SMILES string of the molecule is CC(=O)NC(C(=O)Nc1nc2ccc(Br)cc2s1)C1CCCC1. The van der Waals surface area contributed by atoms with Crippen LogP contribution in [0.25, 0.3) is 10.2 Å². The number of rotatable bonds is 4. The van der Waals surface area contributed by atoms with E-state index < -0.39 is 6.04 Å². The van der Waals surface area contributed by atoms with E-state index in [4.69, 9.17) is 0 Å². The van der Waals surface area contributed by atoms with Crippen molar-refractivity contribution < 1.29 is 9.59 Å². The molecule has 2 amide bonds. The molecule has 1 aromatic carbocycles. The molecule has 0 bridgehead atoms. The van der Waals surface area contributed by atoms with Gasteiger partial charge >= 0.3 is 0 Å². The summed E-state index contributed by atoms with van der Waals surface area (Å²) < 4.78 is 1.99. The first-order valence-electron chi connectivity index (χ1n) is 7.67. The molecule has 2 aromatic rings. The first-order chi connectivity index (χ1) is 11.0. The topological polar surface area (TPSA) is 71.1 Å². The third-order valence-corrected chi connectivity index (χ3v) is 5.52. The highest BCUT2D eigenvalue weighted by Crippen LogP contribution is 2.31. The Hall–Kier alpha value is -1.47. The predicted octanol–water partition coefficient (Wildman–Crippen LogP) is 3.69. The fourth-order valence-electron chi connectivity index (χ4n) is 3.04. The summed E-state index contributed by atoms with van der Waals surface area (Å²) in [4.78, 5) is 28.5. The Kier molecular flexibility index (Phi) is 4.96. The smallest absolute Gasteiger partial charge is 0.249 e. The number of halogens is 1. The second-order valence-electron chi connectivity index (χ2n) is 5.84. The Morgan fingerprint density at radius 1 is 1.35 bits per heavy atom. The Morgan fingerprint density at radius 2 is 2.09 bits per heavy atom. The molecule has 122 valence electrons. The van der Waals surface area contributed by atoms with Crippen molar-refractivity contribution in [3.05, 3.63) is 22.7 Å². The van der Waals surface area contributed by atoms with Crippen LogP contribution in [0, 0.1) is 5.92 Å². The Labute approximate surface area is 147 Å². The molecule has 3 rings (SSSR count). The Bertz CT molecular complexity index is 740. The van der Waals surface area contributed by atoms with Crippen LogP contribution in [0.3, 0.4) is 0 Å². The van der Waals surface area contributed by atoms with Crippen molar-refractivity contribution in [3.63, 3.8) is 0 Å². The van der Waals surface area contributed by atoms with Gasteiger partial charge in [0.15, 0.2) is 5.13 Å². The zero-order chi connectivity index (χ0) is 16.4. The van der Waals surface area contributed by atoms with E-state index in [1.54, 1.807) is 0 Å². The molecule has 1 aromatic heterocycles. The molecule has 2 N–H and O–H groups in total. The zero-order valence-corrected chi connectivity index (χ0v) is 15.2. The molecular formula is C16H18BrN3O2S. The highest BCUT2D eigenvalue weighted by atomic mass is 79.9. The van der Waals surface area contributed by atoms with Crippen LogP contribution in [-0.2, 0) is 9.59 Å². The molecule has 1 heterocycles. The molecule has 0 saturated heterocycles. The van der Waals surface area contributed by atoms with E-state index in [2.05, 4.69) is 31.5 Å². The van der Waals surface area contributed by atoms with E-state index in [1.165, 1.54) is 18.3 Å². The summed E-state index contributed by atoms with van der Waals surface area (Å²) >= 11 is 4.86. The van der Waals surface area contributed by atoms with Gasteiger partial charge in [0.1, 0.15) is 6.04 Å². The molecule has 0 spiro atoms. The maximum Gasteiger partial charge on any atom is 0.249 e. The average molecular weight is 396 g/mol. The minimum Gasteiger partial charge on any atom is -0.344 e. The van der Waals surface area contributed by atoms with Crippen LogP contribution < -0.4 is 10.6 Å². The van der Waals surface area contributed by atoms with Crippen molar-refractivity contribution in [1.82, 2.24) is 10.3 Å². The number of benzene rings is 1. The third-order valence-electron chi connectivity index (χ3n) is 4.09. The minimum atomic E-state index is -0.478. The third kappa shape index (κ3) is 3.90. The van der Waals surface area contributed by atoms with Gasteiger partial charge in [0, 0.05) is 11.4 Å². The molecule has 7 heteroatoms. The molecule has 1 atom stereocenters. The van der Waals surface area contributed by atoms with Gasteiger partial charge in [-0.15, -0.1) is 0 Å². The molecular weight excluding hydrogens is 378 g/mol. The molecule has 0 radical (unpaired) electrons. The summed E-state index contributed by atoms with van der Waals surface area (Å²) in [5.41, 5.74) is 0.852. The number of carbonyl (C=O) groups excluding carboxylic acids is 2. The quantitative estimate of drug-likeness (QED) is 0.828. The first-order valence-corrected chi connectivity index (χ1v) is 9.28. The molecule has 1 fully saturated rings. The van der Waals surface area contributed by atoms with Crippen LogP contribution in [0.4, 0.5) is 5.13 Å². The molecule has 1 aliphatic rings. The summed E-state index contributed by atoms with van der Waals surface area (Å²) in [6.45, 7) is 1.45. The number of thiazole rings is 1. The lowest BCUT2D eigenvalue weighted by Crippen LogP contribution is -2.47. The van der Waals surface area contributed by atoms with Crippen LogP contribution in [-0.4, -0.2) is 22.8 Å². The van der Waals surface area contributed by atoms with Crippen molar-refractivity contribution in [2.24, 2.45) is 5.92 Å². The zero-order valence-electron chi connectivity index (χ0n) is 12.8. The number of hydrogen-bond acceptors (Lipinski definition) is 4. The summed E-state index contributed by atoms with van der Waals surface area (Å²) in [7, 11) is 0. The number of amides is 2. The number of nitrogens with one attached hydrogen (secondary N) is 2. The van der Waals surface area contributed by atoms with Gasteiger partial charge in [-0.05, 0) is 37.0 Å². The summed E-state index contributed by atoms with van der Waals surface area (Å²) in [5, 5.41) is 6.24. The normalized spacial score (nSPS) is 16.4. The van der Waals surface area contributed by atoms with Crippen molar-refractivity contribution in [1.29, 1.82) is 0 Å². The van der Waals surface area contributed by atoms with E-state index in [-0.39, 0.29) is 17.7 Å². The first kappa shape index (κ1) is 16.4. The molecule has 1 aliphatic carbocycles. The molecule has 1 unspecified atom stereocenters. The van der Waals surface area contributed by atoms with Crippen LogP contribution in [0.1, 0.15) is 32.6 Å². The van der Waals surface area contributed by atoms with Crippen LogP contribution in [0.2, 0.25) is 0 Å². The Balaban J connectivity index is 1.77. The second-order valence-corrected chi connectivity index (χ2v) is 7.79. The predicted molar refractivity (Wildman–Crippen MR) is 95.5 cm³/mol. The van der Waals surface area contributed by atoms with Crippen molar-refractivity contribution in [2.75, 3.05) is 5.32 Å². The van der Waals surface area contributed by atoms with Gasteiger partial charge in [-0.3, -0.25) is 9.59 Å². The van der Waals surface area contributed by atoms with Gasteiger partial charge in [0.05, 0.1) is 10.2 Å². The molecule has 23 heavy (non-hydrogen) atoms. The van der Waals surface area contributed by atoms with Crippen LogP contribution in [0.15, 0.2) is 22.7 Å². The van der Waals surface area contributed by atoms with E-state index in [1.807, 2.05) is 18.2 Å². The maximum absolute atomic E-state index is 12.6. The molecule has 0 aliphatic heterocycles. The number of fused-ring (bicyclic) bond motifs is 1. The lowest BCUT2D eigenvalue weighted by Gasteiger charge is -2.22. The van der Waals surface area contributed by atoms with Gasteiger partial charge in [-0.25, -0.2) is 4.98 Å². The monoisotopic (exact) mass is 395 g/mol. The van der Waals surface area contributed by atoms with Crippen molar-refractivity contribution in [2.45, 2.75) is 38.6 Å². The van der Waals surface area contributed by atoms with Gasteiger partial charge in [-0.1, -0.05) is 40.1 Å². The lowest BCUT2D eigenvalue weighted by atomic mass is 9.97. The van der Waals surface area contributed by atoms with Gasteiger partial charge in [-0.2, -0.15) is 0 Å². The second kappa shape index (κ2) is 6.97. The summed E-state index contributed by atoms with van der Waals surface area (Å²) in [5.74, 6) is -0.141. The van der Waals surface area contributed by atoms with E-state index >= 15 is 0 Å². The van der Waals surface area contributed by atoms with E-state index in [0.29, 0.717) is 5.13 Å². The standard InChI is InChI=1S/C16H18BrN3O2S/c1-9(21)18-14(10-4-2-3-5-10)15(22)20-16-19-12-7-6-11(17)8-13(12)23-16/h6-8,10,14H,2-5H2,1H3,(H,18,21)(H,19,20,22). The average Bonchev–Trinajstić information content (AvgIpc) is 3.12. The van der Waals surface area contributed by atoms with Crippen molar-refractivity contribution >= 4 is 54.4 Å². The fourth-order valence-corrected chi connectivity index (χ4v) is 4.46. The van der Waals surface area contributed by atoms with Crippen molar-refractivity contribution in [3.8, 4) is 0 Å². The maximum atomic E-state index is 12.6. The van der Waals surface area contributed by atoms with Gasteiger partial charge in [0.2, 0.25) is 11.8 Å². The van der Waals surface area contributed by atoms with Gasteiger partial charge in [0.25, 0.3) is 0 Å². The lowest BCUT2D eigenvalue weighted by molar-refractivity contribution is -0.126. The van der Waals surface area contributed by atoms with Crippen LogP contribution >= 0.6 is 27.3 Å². The highest BCUT2D eigenvalue weighted by molar-refractivity contribution is 9.10. The molecule has 5 nitrogen and oxygen atoms in total. The number of nitrogens with zero attached hydrogens (tertiary/aromatic N) is 1. The number of hydrogen-bond donors (Lipinski definition) is 2. The van der Waals surface area contributed by atoms with Crippen LogP contribution in [0.5, 0.6) is 0 Å². The minimum absolute atomic E-state index is 0.176. The van der Waals surface area contributed by atoms with Gasteiger partial charge < -0.3 is 10.6 Å².